The molecule has 34 heavy (non-hydrogen) atoms. The van der Waals surface area contributed by atoms with Crippen molar-refractivity contribution in [1.82, 2.24) is 24.4 Å². The number of amides is 2. The van der Waals surface area contributed by atoms with E-state index in [2.05, 4.69) is 41.1 Å². The number of carbonyl (C=O) groups is 2. The van der Waals surface area contributed by atoms with Crippen LogP contribution in [0.5, 0.6) is 0 Å². The lowest BCUT2D eigenvalue weighted by Crippen LogP contribution is -2.48. The molecule has 4 aromatic rings. The fraction of sp³-hybridized carbons (Fsp3) is 0.227. The number of likely N-dealkylation sites (tertiary alicyclic amines) is 1. The van der Waals surface area contributed by atoms with Crippen molar-refractivity contribution in [2.45, 2.75) is 12.8 Å². The Bertz CT molecular complexity index is 1430. The molecule has 1 saturated heterocycles. The monoisotopic (exact) mass is 528 g/mol. The number of fused-ring (bicyclic) bond motifs is 1. The molecule has 1 aliphatic rings. The molecule has 3 aromatic heterocycles. The second kappa shape index (κ2) is 8.52. The molecule has 174 valence electrons. The van der Waals surface area contributed by atoms with Crippen LogP contribution in [-0.2, 0) is 4.74 Å². The number of methoxy groups -OCH3 is 1. The van der Waals surface area contributed by atoms with Gasteiger partial charge in [0.05, 0.1) is 19.2 Å². The summed E-state index contributed by atoms with van der Waals surface area (Å²) in [6.07, 6.45) is 2.76. The van der Waals surface area contributed by atoms with Crippen LogP contribution in [0.1, 0.15) is 27.9 Å². The van der Waals surface area contributed by atoms with Gasteiger partial charge in [-0.1, -0.05) is 5.16 Å². The van der Waals surface area contributed by atoms with Crippen LogP contribution in [0.3, 0.4) is 0 Å². The highest BCUT2D eigenvalue weighted by molar-refractivity contribution is 9.10. The van der Waals surface area contributed by atoms with Gasteiger partial charge in [-0.05, 0) is 47.1 Å². The largest absolute Gasteiger partial charge is 0.453 e. The third-order valence-electron chi connectivity index (χ3n) is 5.66. The number of pyridine rings is 1. The first-order chi connectivity index (χ1) is 16.3. The maximum absolute atomic E-state index is 14.7. The van der Waals surface area contributed by atoms with E-state index < -0.39 is 17.8 Å². The zero-order valence-corrected chi connectivity index (χ0v) is 19.7. The first kappa shape index (κ1) is 22.0. The summed E-state index contributed by atoms with van der Waals surface area (Å²) in [4.78, 5) is 34.6. The number of hydrogen-bond donors (Lipinski definition) is 1. The molecule has 1 fully saturated rings. The summed E-state index contributed by atoms with van der Waals surface area (Å²) in [5, 5.41) is 6.70. The summed E-state index contributed by atoms with van der Waals surface area (Å²) >= 11 is 3.38. The van der Waals surface area contributed by atoms with E-state index in [1.807, 2.05) is 6.07 Å². The average Bonchev–Trinajstić information content (AvgIpc) is 3.42. The maximum atomic E-state index is 14.7. The standard InChI is InChI=1S/C22H18BrFN6O4/c1-11-15(24)5-12(19-27-21(34-28-19)13-8-29(9-13)22(32)33-2)6-16(11)26-20(31)17-7-25-18-4-3-14(23)10-30(17)18/h3-7,10,13H,8-9H2,1-2H3,(H,26,31). The summed E-state index contributed by atoms with van der Waals surface area (Å²) in [6.45, 7) is 2.36. The number of nitrogens with one attached hydrogen (secondary N) is 1. The number of hydrogen-bond acceptors (Lipinski definition) is 7. The van der Waals surface area contributed by atoms with Crippen LogP contribution in [0.15, 0.2) is 45.7 Å². The van der Waals surface area contributed by atoms with Crippen molar-refractivity contribution in [2.24, 2.45) is 0 Å². The molecular formula is C22H18BrFN6O4. The second-order valence-corrected chi connectivity index (χ2v) is 8.75. The number of halogens is 2. The lowest BCUT2D eigenvalue weighted by atomic mass is 10.0. The molecular weight excluding hydrogens is 511 g/mol. The number of carbonyl (C=O) groups excluding carboxylic acids is 2. The Labute approximate surface area is 200 Å². The summed E-state index contributed by atoms with van der Waals surface area (Å²) in [7, 11) is 1.32. The van der Waals surface area contributed by atoms with Gasteiger partial charge in [0.2, 0.25) is 11.7 Å². The molecule has 0 radical (unpaired) electrons. The molecule has 0 bridgehead atoms. The molecule has 0 unspecified atom stereocenters. The second-order valence-electron chi connectivity index (χ2n) is 7.83. The van der Waals surface area contributed by atoms with E-state index in [0.29, 0.717) is 35.9 Å². The summed E-state index contributed by atoms with van der Waals surface area (Å²) in [5.74, 6) is -0.570. The van der Waals surface area contributed by atoms with Gasteiger partial charge in [0, 0.05) is 40.6 Å². The fourth-order valence-electron chi connectivity index (χ4n) is 3.68. The van der Waals surface area contributed by atoms with Gasteiger partial charge >= 0.3 is 6.09 Å². The zero-order valence-electron chi connectivity index (χ0n) is 18.1. The Morgan fingerprint density at radius 3 is 2.85 bits per heavy atom. The highest BCUT2D eigenvalue weighted by Gasteiger charge is 2.36. The SMILES string of the molecule is COC(=O)N1CC(c2nc(-c3cc(F)c(C)c(NC(=O)c4cnc5ccc(Br)cn45)c3)no2)C1. The van der Waals surface area contributed by atoms with Crippen molar-refractivity contribution < 1.29 is 23.2 Å². The van der Waals surface area contributed by atoms with Gasteiger partial charge in [0.15, 0.2) is 0 Å². The molecule has 2 amide bonds. The van der Waals surface area contributed by atoms with Crippen molar-refractivity contribution in [3.8, 4) is 11.4 Å². The predicted molar refractivity (Wildman–Crippen MR) is 122 cm³/mol. The average molecular weight is 529 g/mol. The molecule has 1 N–H and O–H groups in total. The van der Waals surface area contributed by atoms with E-state index in [-0.39, 0.29) is 23.0 Å². The van der Waals surface area contributed by atoms with E-state index in [1.54, 1.807) is 29.7 Å². The minimum absolute atomic E-state index is 0.121. The smallest absolute Gasteiger partial charge is 0.409 e. The Hall–Kier alpha value is -3.80. The first-order valence-corrected chi connectivity index (χ1v) is 11.0. The minimum atomic E-state index is -0.527. The van der Waals surface area contributed by atoms with Crippen molar-refractivity contribution in [1.29, 1.82) is 0 Å². The third kappa shape index (κ3) is 3.89. The number of rotatable bonds is 4. The number of anilines is 1. The summed E-state index contributed by atoms with van der Waals surface area (Å²) in [6, 6.07) is 6.47. The molecule has 0 aliphatic carbocycles. The lowest BCUT2D eigenvalue weighted by Gasteiger charge is -2.35. The molecule has 4 heterocycles. The number of ether oxygens (including phenoxy) is 1. The van der Waals surface area contributed by atoms with Crippen LogP contribution in [0.25, 0.3) is 17.0 Å². The molecule has 10 nitrogen and oxygen atoms in total. The van der Waals surface area contributed by atoms with Crippen LogP contribution in [-0.4, -0.2) is 56.6 Å². The van der Waals surface area contributed by atoms with Gasteiger partial charge in [-0.2, -0.15) is 4.98 Å². The van der Waals surface area contributed by atoms with E-state index in [9.17, 15) is 14.0 Å². The van der Waals surface area contributed by atoms with Crippen LogP contribution < -0.4 is 5.32 Å². The Kier molecular flexibility index (Phi) is 5.52. The molecule has 5 rings (SSSR count). The first-order valence-electron chi connectivity index (χ1n) is 10.2. The van der Waals surface area contributed by atoms with Crippen molar-refractivity contribution >= 4 is 39.3 Å². The Morgan fingerprint density at radius 2 is 2.09 bits per heavy atom. The van der Waals surface area contributed by atoms with Gasteiger partial charge < -0.3 is 19.5 Å². The van der Waals surface area contributed by atoms with E-state index in [0.717, 1.165) is 4.47 Å². The number of aromatic nitrogens is 4. The van der Waals surface area contributed by atoms with Crippen LogP contribution in [0.4, 0.5) is 14.9 Å². The Morgan fingerprint density at radius 1 is 1.29 bits per heavy atom. The topological polar surface area (TPSA) is 115 Å². The highest BCUT2D eigenvalue weighted by Crippen LogP contribution is 2.30. The molecule has 0 saturated carbocycles. The van der Waals surface area contributed by atoms with Gasteiger partial charge in [0.1, 0.15) is 17.2 Å². The van der Waals surface area contributed by atoms with E-state index in [1.165, 1.54) is 24.3 Å². The third-order valence-corrected chi connectivity index (χ3v) is 6.13. The summed E-state index contributed by atoms with van der Waals surface area (Å²) in [5.41, 5.74) is 1.79. The fourth-order valence-corrected chi connectivity index (χ4v) is 4.01. The normalized spacial score (nSPS) is 13.7. The van der Waals surface area contributed by atoms with Gasteiger partial charge in [-0.25, -0.2) is 14.2 Å². The molecule has 0 spiro atoms. The highest BCUT2D eigenvalue weighted by atomic mass is 79.9. The van der Waals surface area contributed by atoms with Crippen molar-refractivity contribution in [3.05, 3.63) is 64.1 Å². The van der Waals surface area contributed by atoms with Gasteiger partial charge in [-0.15, -0.1) is 0 Å². The molecule has 0 atom stereocenters. The van der Waals surface area contributed by atoms with E-state index >= 15 is 0 Å². The van der Waals surface area contributed by atoms with Gasteiger partial charge in [0.25, 0.3) is 5.91 Å². The van der Waals surface area contributed by atoms with Crippen LogP contribution in [0, 0.1) is 12.7 Å². The summed E-state index contributed by atoms with van der Waals surface area (Å²) < 4.78 is 27.1. The molecule has 1 aromatic carbocycles. The number of imidazole rings is 1. The predicted octanol–water partition coefficient (Wildman–Crippen LogP) is 4.01. The molecule has 1 aliphatic heterocycles. The quantitative estimate of drug-likeness (QED) is 0.425. The van der Waals surface area contributed by atoms with Crippen LogP contribution in [0.2, 0.25) is 0 Å². The zero-order chi connectivity index (χ0) is 24.0. The van der Waals surface area contributed by atoms with Crippen molar-refractivity contribution in [3.63, 3.8) is 0 Å². The van der Waals surface area contributed by atoms with Gasteiger partial charge in [-0.3, -0.25) is 9.20 Å². The number of nitrogens with zero attached hydrogens (tertiary/aromatic N) is 5. The minimum Gasteiger partial charge on any atom is -0.453 e. The van der Waals surface area contributed by atoms with Crippen LogP contribution >= 0.6 is 15.9 Å². The maximum Gasteiger partial charge on any atom is 0.409 e. The van der Waals surface area contributed by atoms with E-state index in [4.69, 9.17) is 4.52 Å². The lowest BCUT2D eigenvalue weighted by molar-refractivity contribution is 0.0804. The number of benzene rings is 1. The molecule has 12 heteroatoms. The van der Waals surface area contributed by atoms with Crippen molar-refractivity contribution in [2.75, 3.05) is 25.5 Å². The Balaban J connectivity index is 1.38.